The summed E-state index contributed by atoms with van der Waals surface area (Å²) in [6.07, 6.45) is 6.58. The molecule has 6 heteroatoms. The van der Waals surface area contributed by atoms with Crippen LogP contribution in [-0.4, -0.2) is 28.8 Å². The van der Waals surface area contributed by atoms with Crippen molar-refractivity contribution in [3.8, 4) is 0 Å². The third-order valence-corrected chi connectivity index (χ3v) is 2.89. The van der Waals surface area contributed by atoms with Crippen LogP contribution in [0.5, 0.6) is 0 Å². The number of ether oxygens (including phenoxy) is 2. The van der Waals surface area contributed by atoms with Crippen LogP contribution in [0.25, 0.3) is 0 Å². The topological polar surface area (TPSA) is 89.9 Å². The molecule has 0 amide bonds. The van der Waals surface area contributed by atoms with Crippen LogP contribution in [0.2, 0.25) is 0 Å². The van der Waals surface area contributed by atoms with Gasteiger partial charge >= 0.3 is 17.9 Å². The smallest absolute Gasteiger partial charge is 0.333 e. The first-order chi connectivity index (χ1) is 10.3. The third-order valence-electron chi connectivity index (χ3n) is 2.89. The summed E-state index contributed by atoms with van der Waals surface area (Å²) in [6, 6.07) is 0. The molecule has 0 bridgehead atoms. The number of hydrogen-bond acceptors (Lipinski definition) is 5. The molecule has 0 radical (unpaired) electrons. The van der Waals surface area contributed by atoms with E-state index in [1.54, 1.807) is 0 Å². The zero-order valence-corrected chi connectivity index (χ0v) is 13.4. The van der Waals surface area contributed by atoms with E-state index in [9.17, 15) is 14.4 Å². The molecule has 0 heterocycles. The third kappa shape index (κ3) is 11.9. The summed E-state index contributed by atoms with van der Waals surface area (Å²) in [4.78, 5) is 33.0. The van der Waals surface area contributed by atoms with Gasteiger partial charge < -0.3 is 14.6 Å². The SMILES string of the molecule is C=CC(=O)OC(C)(C)OC(=O)CCCCCCCCC(=O)O. The zero-order valence-electron chi connectivity index (χ0n) is 13.4. The fourth-order valence-corrected chi connectivity index (χ4v) is 1.88. The van der Waals surface area contributed by atoms with Gasteiger partial charge in [-0.1, -0.05) is 32.3 Å². The van der Waals surface area contributed by atoms with Crippen molar-refractivity contribution in [1.82, 2.24) is 0 Å². The minimum absolute atomic E-state index is 0.213. The van der Waals surface area contributed by atoms with E-state index in [0.717, 1.165) is 31.8 Å². The molecule has 126 valence electrons. The molecule has 0 aliphatic rings. The monoisotopic (exact) mass is 314 g/mol. The van der Waals surface area contributed by atoms with E-state index in [0.29, 0.717) is 12.8 Å². The van der Waals surface area contributed by atoms with Crippen LogP contribution < -0.4 is 0 Å². The number of carbonyl (C=O) groups excluding carboxylic acids is 2. The molecule has 0 rings (SSSR count). The maximum absolute atomic E-state index is 11.6. The molecule has 0 unspecified atom stereocenters. The second kappa shape index (κ2) is 10.8. The van der Waals surface area contributed by atoms with Crippen LogP contribution in [0.4, 0.5) is 0 Å². The predicted molar refractivity (Wildman–Crippen MR) is 81.0 cm³/mol. The van der Waals surface area contributed by atoms with E-state index >= 15 is 0 Å². The number of esters is 2. The average Bonchev–Trinajstić information content (AvgIpc) is 2.40. The quantitative estimate of drug-likeness (QED) is 0.257. The van der Waals surface area contributed by atoms with E-state index in [1.807, 2.05) is 0 Å². The Hall–Kier alpha value is -1.85. The fraction of sp³-hybridized carbons (Fsp3) is 0.688. The Morgan fingerprint density at radius 1 is 0.955 bits per heavy atom. The largest absolute Gasteiger partial charge is 0.481 e. The Labute approximate surface area is 131 Å². The van der Waals surface area contributed by atoms with Crippen LogP contribution >= 0.6 is 0 Å². The zero-order chi connectivity index (χ0) is 17.0. The highest BCUT2D eigenvalue weighted by Gasteiger charge is 2.26. The van der Waals surface area contributed by atoms with Gasteiger partial charge in [0.05, 0.1) is 0 Å². The van der Waals surface area contributed by atoms with Gasteiger partial charge in [0, 0.05) is 32.8 Å². The van der Waals surface area contributed by atoms with Gasteiger partial charge in [0.1, 0.15) is 0 Å². The van der Waals surface area contributed by atoms with Crippen LogP contribution in [-0.2, 0) is 23.9 Å². The highest BCUT2D eigenvalue weighted by atomic mass is 16.7. The number of aliphatic carboxylic acids is 1. The van der Waals surface area contributed by atoms with Crippen molar-refractivity contribution in [3.05, 3.63) is 12.7 Å². The fourth-order valence-electron chi connectivity index (χ4n) is 1.88. The van der Waals surface area contributed by atoms with Gasteiger partial charge in [-0.25, -0.2) is 4.79 Å². The summed E-state index contributed by atoms with van der Waals surface area (Å²) < 4.78 is 9.99. The molecule has 0 saturated heterocycles. The number of carboxylic acid groups (broad SMARTS) is 1. The Kier molecular flexibility index (Phi) is 9.91. The summed E-state index contributed by atoms with van der Waals surface area (Å²) in [7, 11) is 0. The molecule has 0 atom stereocenters. The Balaban J connectivity index is 3.67. The van der Waals surface area contributed by atoms with Crippen molar-refractivity contribution in [1.29, 1.82) is 0 Å². The van der Waals surface area contributed by atoms with Crippen LogP contribution in [0.15, 0.2) is 12.7 Å². The molecule has 6 nitrogen and oxygen atoms in total. The molecular formula is C16H26O6. The molecule has 0 aliphatic carbocycles. The number of carboxylic acids is 1. The highest BCUT2D eigenvalue weighted by molar-refractivity contribution is 5.81. The van der Waals surface area contributed by atoms with E-state index in [2.05, 4.69) is 6.58 Å². The maximum Gasteiger partial charge on any atom is 0.333 e. The minimum Gasteiger partial charge on any atom is -0.481 e. The second-order valence-corrected chi connectivity index (χ2v) is 5.51. The highest BCUT2D eigenvalue weighted by Crippen LogP contribution is 2.15. The Morgan fingerprint density at radius 2 is 1.45 bits per heavy atom. The average molecular weight is 314 g/mol. The van der Waals surface area contributed by atoms with Crippen LogP contribution in [0.1, 0.15) is 65.2 Å². The summed E-state index contributed by atoms with van der Waals surface area (Å²) in [5.41, 5.74) is 0. The minimum atomic E-state index is -1.29. The lowest BCUT2D eigenvalue weighted by molar-refractivity contribution is -0.212. The lowest BCUT2D eigenvalue weighted by atomic mass is 10.1. The lowest BCUT2D eigenvalue weighted by Gasteiger charge is -2.24. The van der Waals surface area contributed by atoms with Crippen molar-refractivity contribution in [2.45, 2.75) is 71.0 Å². The summed E-state index contributed by atoms with van der Waals surface area (Å²) >= 11 is 0. The van der Waals surface area contributed by atoms with Gasteiger partial charge in [0.2, 0.25) is 0 Å². The lowest BCUT2D eigenvalue weighted by Crippen LogP contribution is -2.33. The molecule has 0 aliphatic heterocycles. The summed E-state index contributed by atoms with van der Waals surface area (Å²) in [6.45, 7) is 6.27. The summed E-state index contributed by atoms with van der Waals surface area (Å²) in [5.74, 6) is -3.10. The number of hydrogen-bond donors (Lipinski definition) is 1. The number of carbonyl (C=O) groups is 3. The first-order valence-corrected chi connectivity index (χ1v) is 7.56. The van der Waals surface area contributed by atoms with E-state index < -0.39 is 23.7 Å². The van der Waals surface area contributed by atoms with E-state index in [4.69, 9.17) is 14.6 Å². The van der Waals surface area contributed by atoms with Gasteiger partial charge in [-0.3, -0.25) is 9.59 Å². The molecule has 0 aromatic carbocycles. The number of unbranched alkanes of at least 4 members (excludes halogenated alkanes) is 5. The predicted octanol–water partition coefficient (Wildman–Crippen LogP) is 3.20. The Morgan fingerprint density at radius 3 is 1.95 bits per heavy atom. The molecule has 22 heavy (non-hydrogen) atoms. The molecule has 1 N–H and O–H groups in total. The molecule has 0 fully saturated rings. The van der Waals surface area contributed by atoms with Crippen molar-refractivity contribution in [2.24, 2.45) is 0 Å². The number of rotatable bonds is 12. The molecule has 0 aromatic rings. The van der Waals surface area contributed by atoms with E-state index in [1.165, 1.54) is 13.8 Å². The van der Waals surface area contributed by atoms with E-state index in [-0.39, 0.29) is 12.8 Å². The van der Waals surface area contributed by atoms with Crippen molar-refractivity contribution in [2.75, 3.05) is 0 Å². The normalized spacial score (nSPS) is 10.8. The second-order valence-electron chi connectivity index (χ2n) is 5.51. The Bertz CT molecular complexity index is 386. The van der Waals surface area contributed by atoms with Crippen molar-refractivity contribution in [3.63, 3.8) is 0 Å². The molecule has 0 spiro atoms. The van der Waals surface area contributed by atoms with Gasteiger partial charge in [-0.2, -0.15) is 0 Å². The van der Waals surface area contributed by atoms with Gasteiger partial charge in [0.25, 0.3) is 5.79 Å². The van der Waals surface area contributed by atoms with Gasteiger partial charge in [-0.15, -0.1) is 0 Å². The van der Waals surface area contributed by atoms with Crippen molar-refractivity contribution >= 4 is 17.9 Å². The van der Waals surface area contributed by atoms with Crippen molar-refractivity contribution < 1.29 is 29.0 Å². The first kappa shape index (κ1) is 20.1. The van der Waals surface area contributed by atoms with Gasteiger partial charge in [0.15, 0.2) is 0 Å². The first-order valence-electron chi connectivity index (χ1n) is 7.56. The van der Waals surface area contributed by atoms with Gasteiger partial charge in [-0.05, 0) is 12.8 Å². The molecular weight excluding hydrogens is 288 g/mol. The molecule has 0 saturated carbocycles. The standard InChI is InChI=1S/C16H26O6/c1-4-14(19)21-16(2,3)22-15(20)12-10-8-6-5-7-9-11-13(17)18/h4H,1,5-12H2,2-3H3,(H,17,18). The maximum atomic E-state index is 11.6. The van der Waals surface area contributed by atoms with Crippen LogP contribution in [0, 0.1) is 0 Å². The summed E-state index contributed by atoms with van der Waals surface area (Å²) in [5, 5.41) is 8.49. The van der Waals surface area contributed by atoms with Crippen LogP contribution in [0.3, 0.4) is 0 Å². The molecule has 0 aromatic heterocycles.